The Bertz CT molecular complexity index is 711. The summed E-state index contributed by atoms with van der Waals surface area (Å²) in [6.07, 6.45) is 0.984. The molecule has 0 saturated carbocycles. The van der Waals surface area contributed by atoms with E-state index in [0.29, 0.717) is 17.8 Å². The van der Waals surface area contributed by atoms with Crippen molar-refractivity contribution in [3.8, 4) is 0 Å². The summed E-state index contributed by atoms with van der Waals surface area (Å²) in [5.74, 6) is -0.677. The molecule has 5 nitrogen and oxygen atoms in total. The minimum absolute atomic E-state index is 0.132. The van der Waals surface area contributed by atoms with Crippen molar-refractivity contribution in [2.45, 2.75) is 13.0 Å². The van der Waals surface area contributed by atoms with Crippen LogP contribution in [-0.4, -0.2) is 29.8 Å². The van der Waals surface area contributed by atoms with Crippen molar-refractivity contribution in [2.75, 3.05) is 18.4 Å². The SMILES string of the molecule is NC(=O)c1ccccc1NC(=O)CN1CCc2sccc2C1. The number of amides is 2. The second-order valence-electron chi connectivity index (χ2n) is 5.29. The first-order valence-electron chi connectivity index (χ1n) is 7.10. The zero-order chi connectivity index (χ0) is 15.5. The molecule has 0 bridgehead atoms. The van der Waals surface area contributed by atoms with E-state index in [0.717, 1.165) is 19.5 Å². The van der Waals surface area contributed by atoms with Gasteiger partial charge in [0, 0.05) is 18.0 Å². The number of nitrogens with one attached hydrogen (secondary N) is 1. The number of benzene rings is 1. The summed E-state index contributed by atoms with van der Waals surface area (Å²) < 4.78 is 0. The third kappa shape index (κ3) is 3.18. The summed E-state index contributed by atoms with van der Waals surface area (Å²) in [5.41, 5.74) is 7.42. The largest absolute Gasteiger partial charge is 0.366 e. The smallest absolute Gasteiger partial charge is 0.250 e. The molecule has 6 heteroatoms. The number of nitrogens with two attached hydrogens (primary N) is 1. The molecular formula is C16H17N3O2S. The molecule has 0 radical (unpaired) electrons. The van der Waals surface area contributed by atoms with Crippen molar-refractivity contribution in [3.05, 3.63) is 51.7 Å². The van der Waals surface area contributed by atoms with Gasteiger partial charge in [0.1, 0.15) is 0 Å². The molecule has 114 valence electrons. The molecule has 1 aliphatic heterocycles. The van der Waals surface area contributed by atoms with Crippen LogP contribution in [0.2, 0.25) is 0 Å². The molecule has 1 aromatic carbocycles. The number of thiophene rings is 1. The van der Waals surface area contributed by atoms with Crippen molar-refractivity contribution in [3.63, 3.8) is 0 Å². The molecule has 2 aromatic rings. The van der Waals surface area contributed by atoms with Crippen LogP contribution in [0, 0.1) is 0 Å². The van der Waals surface area contributed by atoms with E-state index in [1.165, 1.54) is 10.4 Å². The van der Waals surface area contributed by atoms with Crippen molar-refractivity contribution in [1.82, 2.24) is 4.90 Å². The number of para-hydroxylation sites is 1. The molecule has 2 heterocycles. The fourth-order valence-electron chi connectivity index (χ4n) is 2.64. The van der Waals surface area contributed by atoms with Crippen molar-refractivity contribution >= 4 is 28.8 Å². The Morgan fingerprint density at radius 3 is 2.91 bits per heavy atom. The summed E-state index contributed by atoms with van der Waals surface area (Å²) in [4.78, 5) is 27.1. The summed E-state index contributed by atoms with van der Waals surface area (Å²) in [7, 11) is 0. The molecule has 2 amide bonds. The Morgan fingerprint density at radius 1 is 1.27 bits per heavy atom. The first-order valence-corrected chi connectivity index (χ1v) is 7.98. The predicted molar refractivity (Wildman–Crippen MR) is 86.9 cm³/mol. The Kier molecular flexibility index (Phi) is 4.22. The lowest BCUT2D eigenvalue weighted by molar-refractivity contribution is -0.117. The standard InChI is InChI=1S/C16H17N3O2S/c17-16(21)12-3-1-2-4-13(12)18-15(20)10-19-7-5-14-11(9-19)6-8-22-14/h1-4,6,8H,5,7,9-10H2,(H2,17,21)(H,18,20). The molecular weight excluding hydrogens is 298 g/mol. The van der Waals surface area contributed by atoms with E-state index in [1.54, 1.807) is 35.6 Å². The topological polar surface area (TPSA) is 75.4 Å². The fraction of sp³-hybridized carbons (Fsp3) is 0.250. The summed E-state index contributed by atoms with van der Waals surface area (Å²) in [6.45, 7) is 1.98. The van der Waals surface area contributed by atoms with E-state index in [4.69, 9.17) is 5.73 Å². The van der Waals surface area contributed by atoms with Crippen LogP contribution in [0.3, 0.4) is 0 Å². The van der Waals surface area contributed by atoms with Gasteiger partial charge in [-0.15, -0.1) is 11.3 Å². The highest BCUT2D eigenvalue weighted by Gasteiger charge is 2.19. The van der Waals surface area contributed by atoms with Crippen molar-refractivity contribution in [2.24, 2.45) is 5.73 Å². The van der Waals surface area contributed by atoms with Crippen LogP contribution in [0.1, 0.15) is 20.8 Å². The average Bonchev–Trinajstić information content (AvgIpc) is 2.95. The molecule has 3 rings (SSSR count). The van der Waals surface area contributed by atoms with Gasteiger partial charge in [0.25, 0.3) is 5.91 Å². The number of carbonyl (C=O) groups is 2. The molecule has 0 unspecified atom stereocenters. The van der Waals surface area contributed by atoms with Gasteiger partial charge in [0.2, 0.25) is 5.91 Å². The highest BCUT2D eigenvalue weighted by atomic mass is 32.1. The summed E-state index contributed by atoms with van der Waals surface area (Å²) in [5, 5.41) is 4.87. The number of primary amides is 1. The second-order valence-corrected chi connectivity index (χ2v) is 6.29. The third-order valence-electron chi connectivity index (χ3n) is 3.72. The van der Waals surface area contributed by atoms with Gasteiger partial charge in [-0.2, -0.15) is 0 Å². The number of nitrogens with zero attached hydrogens (tertiary/aromatic N) is 1. The highest BCUT2D eigenvalue weighted by molar-refractivity contribution is 7.10. The molecule has 0 fully saturated rings. The number of hydrogen-bond donors (Lipinski definition) is 2. The van der Waals surface area contributed by atoms with E-state index in [2.05, 4.69) is 21.7 Å². The maximum Gasteiger partial charge on any atom is 0.250 e. The Balaban J connectivity index is 1.63. The highest BCUT2D eigenvalue weighted by Crippen LogP contribution is 2.23. The van der Waals surface area contributed by atoms with Crippen molar-refractivity contribution < 1.29 is 9.59 Å². The Labute approximate surface area is 132 Å². The van der Waals surface area contributed by atoms with Crippen LogP contribution in [0.4, 0.5) is 5.69 Å². The maximum atomic E-state index is 12.2. The lowest BCUT2D eigenvalue weighted by atomic mass is 10.1. The van der Waals surface area contributed by atoms with Crippen LogP contribution < -0.4 is 11.1 Å². The zero-order valence-corrected chi connectivity index (χ0v) is 12.9. The Hall–Kier alpha value is -2.18. The maximum absolute atomic E-state index is 12.2. The van der Waals surface area contributed by atoms with Crippen LogP contribution in [-0.2, 0) is 17.8 Å². The number of carbonyl (C=O) groups excluding carboxylic acids is 2. The first kappa shape index (κ1) is 14.7. The van der Waals surface area contributed by atoms with Crippen LogP contribution in [0.5, 0.6) is 0 Å². The number of anilines is 1. The zero-order valence-electron chi connectivity index (χ0n) is 12.0. The number of rotatable bonds is 4. The average molecular weight is 315 g/mol. The molecule has 1 aliphatic rings. The predicted octanol–water partition coefficient (Wildman–Crippen LogP) is 1.84. The fourth-order valence-corrected chi connectivity index (χ4v) is 3.53. The third-order valence-corrected chi connectivity index (χ3v) is 4.74. The first-order chi connectivity index (χ1) is 10.6. The summed E-state index contributed by atoms with van der Waals surface area (Å²) in [6, 6.07) is 8.90. The van der Waals surface area contributed by atoms with Crippen LogP contribution >= 0.6 is 11.3 Å². The molecule has 3 N–H and O–H groups in total. The van der Waals surface area contributed by atoms with Gasteiger partial charge in [-0.25, -0.2) is 0 Å². The van der Waals surface area contributed by atoms with Gasteiger partial charge < -0.3 is 11.1 Å². The van der Waals surface area contributed by atoms with Gasteiger partial charge in [0.05, 0.1) is 17.8 Å². The van der Waals surface area contributed by atoms with E-state index in [9.17, 15) is 9.59 Å². The van der Waals surface area contributed by atoms with E-state index in [-0.39, 0.29) is 5.91 Å². The minimum atomic E-state index is -0.545. The van der Waals surface area contributed by atoms with E-state index >= 15 is 0 Å². The molecule has 1 aromatic heterocycles. The molecule has 0 aliphatic carbocycles. The lowest BCUT2D eigenvalue weighted by Gasteiger charge is -2.26. The minimum Gasteiger partial charge on any atom is -0.366 e. The van der Waals surface area contributed by atoms with Crippen LogP contribution in [0.15, 0.2) is 35.7 Å². The second kappa shape index (κ2) is 6.29. The van der Waals surface area contributed by atoms with Crippen LogP contribution in [0.25, 0.3) is 0 Å². The van der Waals surface area contributed by atoms with Gasteiger partial charge >= 0.3 is 0 Å². The van der Waals surface area contributed by atoms with Crippen molar-refractivity contribution in [1.29, 1.82) is 0 Å². The quantitative estimate of drug-likeness (QED) is 0.904. The summed E-state index contributed by atoms with van der Waals surface area (Å²) >= 11 is 1.78. The van der Waals surface area contributed by atoms with E-state index < -0.39 is 5.91 Å². The molecule has 22 heavy (non-hydrogen) atoms. The number of fused-ring (bicyclic) bond motifs is 1. The normalized spacial score (nSPS) is 14.4. The Morgan fingerprint density at radius 2 is 2.09 bits per heavy atom. The number of hydrogen-bond acceptors (Lipinski definition) is 4. The van der Waals surface area contributed by atoms with Gasteiger partial charge in [-0.3, -0.25) is 14.5 Å². The van der Waals surface area contributed by atoms with Gasteiger partial charge in [0.15, 0.2) is 0 Å². The molecule has 0 spiro atoms. The van der Waals surface area contributed by atoms with Gasteiger partial charge in [-0.05, 0) is 35.6 Å². The molecule has 0 saturated heterocycles. The van der Waals surface area contributed by atoms with Gasteiger partial charge in [-0.1, -0.05) is 12.1 Å². The lowest BCUT2D eigenvalue weighted by Crippen LogP contribution is -2.36. The molecule has 0 atom stereocenters. The van der Waals surface area contributed by atoms with E-state index in [1.807, 2.05) is 0 Å². The monoisotopic (exact) mass is 315 g/mol.